The topological polar surface area (TPSA) is 63.2 Å². The third kappa shape index (κ3) is 3.48. The van der Waals surface area contributed by atoms with Crippen LogP contribution in [0.25, 0.3) is 0 Å². The smallest absolute Gasteiger partial charge is 0.242 e. The molecule has 0 saturated heterocycles. The molecule has 2 aromatic carbocycles. The van der Waals surface area contributed by atoms with Crippen LogP contribution < -0.4 is 5.32 Å². The summed E-state index contributed by atoms with van der Waals surface area (Å²) in [4.78, 5) is 13.2. The molecule has 3 rings (SSSR count). The first kappa shape index (κ1) is 19.5. The zero-order chi connectivity index (χ0) is 19.7. The number of carbonyl (C=O) groups is 1. The largest absolute Gasteiger partial charge is 0.348 e. The van der Waals surface area contributed by atoms with Crippen molar-refractivity contribution < 1.29 is 22.0 Å². The Morgan fingerprint density at radius 2 is 1.70 bits per heavy atom. The highest BCUT2D eigenvalue weighted by Gasteiger charge is 2.53. The lowest BCUT2D eigenvalue weighted by atomic mass is 10.0. The first-order valence-corrected chi connectivity index (χ1v) is 10.3. The maximum absolute atomic E-state index is 14.0. The van der Waals surface area contributed by atoms with Crippen molar-refractivity contribution in [3.05, 3.63) is 65.7 Å². The first-order valence-electron chi connectivity index (χ1n) is 8.83. The van der Waals surface area contributed by atoms with E-state index in [0.29, 0.717) is 12.8 Å². The zero-order valence-electron chi connectivity index (χ0n) is 14.9. The lowest BCUT2D eigenvalue weighted by molar-refractivity contribution is -0.124. The monoisotopic (exact) mass is 393 g/mol. The van der Waals surface area contributed by atoms with Crippen LogP contribution in [-0.4, -0.2) is 19.1 Å². The summed E-state index contributed by atoms with van der Waals surface area (Å²) in [7, 11) is -3.91. The van der Waals surface area contributed by atoms with Crippen molar-refractivity contribution in [2.24, 2.45) is 0 Å². The average molecular weight is 393 g/mol. The van der Waals surface area contributed by atoms with Gasteiger partial charge in [0.05, 0.1) is 10.9 Å². The van der Waals surface area contributed by atoms with E-state index in [-0.39, 0.29) is 23.3 Å². The Hall–Kier alpha value is -2.28. The number of sulfone groups is 1. The van der Waals surface area contributed by atoms with Gasteiger partial charge in [-0.05, 0) is 38.0 Å². The molecule has 0 aromatic heterocycles. The van der Waals surface area contributed by atoms with Gasteiger partial charge in [-0.15, -0.1) is 0 Å². The maximum Gasteiger partial charge on any atom is 0.242 e. The average Bonchev–Trinajstić information content (AvgIpc) is 3.14. The molecular weight excluding hydrogens is 372 g/mol. The molecule has 1 amide bonds. The number of halogens is 2. The fraction of sp³-hybridized carbons (Fsp3) is 0.350. The molecule has 144 valence electrons. The number of nitrogens with one attached hydrogen (secondary N) is 1. The van der Waals surface area contributed by atoms with E-state index in [1.807, 2.05) is 0 Å². The van der Waals surface area contributed by atoms with E-state index >= 15 is 0 Å². The van der Waals surface area contributed by atoms with Crippen LogP contribution in [0.4, 0.5) is 8.78 Å². The number of hydrogen-bond donors (Lipinski definition) is 1. The predicted octanol–water partition coefficient (Wildman–Crippen LogP) is 3.93. The molecule has 1 fully saturated rings. The van der Waals surface area contributed by atoms with Crippen molar-refractivity contribution in [2.75, 3.05) is 0 Å². The van der Waals surface area contributed by atoms with Gasteiger partial charge in [-0.3, -0.25) is 4.79 Å². The van der Waals surface area contributed by atoms with Gasteiger partial charge < -0.3 is 5.32 Å². The molecule has 0 spiro atoms. The summed E-state index contributed by atoms with van der Waals surface area (Å²) in [5, 5.41) is 2.63. The molecule has 1 unspecified atom stereocenters. The second-order valence-corrected chi connectivity index (χ2v) is 9.14. The second-order valence-electron chi connectivity index (χ2n) is 6.88. The molecule has 0 heterocycles. The van der Waals surface area contributed by atoms with E-state index in [1.54, 1.807) is 25.1 Å². The quantitative estimate of drug-likeness (QED) is 0.837. The van der Waals surface area contributed by atoms with Crippen molar-refractivity contribution in [1.82, 2.24) is 5.32 Å². The number of amides is 1. The number of benzene rings is 2. The molecule has 27 heavy (non-hydrogen) atoms. The van der Waals surface area contributed by atoms with E-state index in [0.717, 1.165) is 12.1 Å². The lowest BCUT2D eigenvalue weighted by Crippen LogP contribution is -2.51. The van der Waals surface area contributed by atoms with Crippen LogP contribution in [0.5, 0.6) is 0 Å². The number of rotatable bonds is 5. The lowest BCUT2D eigenvalue weighted by Gasteiger charge is -2.29. The van der Waals surface area contributed by atoms with Crippen molar-refractivity contribution in [2.45, 2.75) is 48.3 Å². The van der Waals surface area contributed by atoms with Gasteiger partial charge in [-0.25, -0.2) is 17.2 Å². The Kier molecular flexibility index (Phi) is 5.33. The predicted molar refractivity (Wildman–Crippen MR) is 97.7 cm³/mol. The Morgan fingerprint density at radius 1 is 1.07 bits per heavy atom. The molecule has 1 saturated carbocycles. The van der Waals surface area contributed by atoms with Crippen LogP contribution in [0.1, 0.15) is 44.2 Å². The standard InChI is InChI=1S/C20H21F2NO3S/c1-14(17-10-9-15(21)13-18(17)22)23-19(24)20(11-5-6-12-20)27(25,26)16-7-3-2-4-8-16/h2-4,7-10,13-14H,5-6,11-12H2,1H3,(H,23,24). The van der Waals surface area contributed by atoms with Crippen LogP contribution in [-0.2, 0) is 14.6 Å². The highest BCUT2D eigenvalue weighted by Crippen LogP contribution is 2.41. The van der Waals surface area contributed by atoms with E-state index in [9.17, 15) is 22.0 Å². The van der Waals surface area contributed by atoms with Crippen LogP contribution >= 0.6 is 0 Å². The third-order valence-corrected chi connectivity index (χ3v) is 7.68. The van der Waals surface area contributed by atoms with Crippen LogP contribution in [0.2, 0.25) is 0 Å². The van der Waals surface area contributed by atoms with E-state index in [4.69, 9.17) is 0 Å². The molecule has 0 aliphatic heterocycles. The van der Waals surface area contributed by atoms with E-state index in [1.165, 1.54) is 18.2 Å². The molecular formula is C20H21F2NO3S. The highest BCUT2D eigenvalue weighted by molar-refractivity contribution is 7.93. The van der Waals surface area contributed by atoms with Gasteiger partial charge in [0.2, 0.25) is 5.91 Å². The van der Waals surface area contributed by atoms with Gasteiger partial charge in [-0.1, -0.05) is 37.1 Å². The number of hydrogen-bond acceptors (Lipinski definition) is 3. The summed E-state index contributed by atoms with van der Waals surface area (Å²) < 4.78 is 52.0. The number of carbonyl (C=O) groups excluding carboxylic acids is 1. The summed E-state index contributed by atoms with van der Waals surface area (Å²) >= 11 is 0. The van der Waals surface area contributed by atoms with Gasteiger partial charge in [-0.2, -0.15) is 0 Å². The van der Waals surface area contributed by atoms with Crippen LogP contribution in [0, 0.1) is 11.6 Å². The van der Waals surface area contributed by atoms with Gasteiger partial charge in [0.25, 0.3) is 0 Å². The fourth-order valence-corrected chi connectivity index (χ4v) is 5.74. The van der Waals surface area contributed by atoms with Gasteiger partial charge in [0, 0.05) is 11.6 Å². The summed E-state index contributed by atoms with van der Waals surface area (Å²) in [6, 6.07) is 10.2. The molecule has 1 aliphatic rings. The Balaban J connectivity index is 1.92. The Morgan fingerprint density at radius 3 is 2.30 bits per heavy atom. The van der Waals surface area contributed by atoms with Crippen LogP contribution in [0.3, 0.4) is 0 Å². The molecule has 0 bridgehead atoms. The van der Waals surface area contributed by atoms with Gasteiger partial charge >= 0.3 is 0 Å². The fourth-order valence-electron chi connectivity index (χ4n) is 3.65. The van der Waals surface area contributed by atoms with Crippen molar-refractivity contribution >= 4 is 15.7 Å². The van der Waals surface area contributed by atoms with Crippen molar-refractivity contribution in [3.8, 4) is 0 Å². The maximum atomic E-state index is 14.0. The summed E-state index contributed by atoms with van der Waals surface area (Å²) in [6.07, 6.45) is 1.68. The van der Waals surface area contributed by atoms with E-state index in [2.05, 4.69) is 5.32 Å². The molecule has 1 aliphatic carbocycles. The molecule has 0 radical (unpaired) electrons. The zero-order valence-corrected chi connectivity index (χ0v) is 15.7. The molecule has 1 N–H and O–H groups in total. The SMILES string of the molecule is CC(NC(=O)C1(S(=O)(=O)c2ccccc2)CCCC1)c1ccc(F)cc1F. The van der Waals surface area contributed by atoms with Gasteiger partial charge in [0.1, 0.15) is 11.6 Å². The van der Waals surface area contributed by atoms with Gasteiger partial charge in [0.15, 0.2) is 14.6 Å². The normalized spacial score (nSPS) is 17.4. The molecule has 2 aromatic rings. The summed E-state index contributed by atoms with van der Waals surface area (Å²) in [5.41, 5.74) is 0.106. The van der Waals surface area contributed by atoms with Crippen molar-refractivity contribution in [3.63, 3.8) is 0 Å². The second kappa shape index (κ2) is 7.38. The Bertz CT molecular complexity index is 939. The Labute approximate surface area is 157 Å². The highest BCUT2D eigenvalue weighted by atomic mass is 32.2. The van der Waals surface area contributed by atoms with E-state index < -0.39 is 38.2 Å². The third-order valence-electron chi connectivity index (χ3n) is 5.17. The molecule has 1 atom stereocenters. The molecule has 7 heteroatoms. The summed E-state index contributed by atoms with van der Waals surface area (Å²) in [6.45, 7) is 1.55. The minimum absolute atomic E-state index is 0.0997. The molecule has 4 nitrogen and oxygen atoms in total. The minimum Gasteiger partial charge on any atom is -0.348 e. The van der Waals surface area contributed by atoms with Crippen LogP contribution in [0.15, 0.2) is 53.4 Å². The van der Waals surface area contributed by atoms with Crippen molar-refractivity contribution in [1.29, 1.82) is 0 Å². The first-order chi connectivity index (χ1) is 12.8. The minimum atomic E-state index is -3.91. The summed E-state index contributed by atoms with van der Waals surface area (Å²) in [5.74, 6) is -2.14.